The van der Waals surface area contributed by atoms with Crippen molar-refractivity contribution in [2.75, 3.05) is 52.3 Å². The Balaban J connectivity index is 1.46. The molecular weight excluding hydrogens is 378 g/mol. The highest BCUT2D eigenvalue weighted by Crippen LogP contribution is 2.27. The number of nitrogens with one attached hydrogen (secondary N) is 1. The fraction of sp³-hybridized carbons (Fsp3) is 0.381. The minimum atomic E-state index is -0.0656. The van der Waals surface area contributed by atoms with Crippen LogP contribution in [0.1, 0.15) is 5.56 Å². The van der Waals surface area contributed by atoms with Crippen LogP contribution in [0.3, 0.4) is 0 Å². The summed E-state index contributed by atoms with van der Waals surface area (Å²) in [6.45, 7) is 4.84. The number of nitrogens with zero attached hydrogens (tertiary/aromatic N) is 2. The summed E-state index contributed by atoms with van der Waals surface area (Å²) in [6, 6.07) is 13.3. The second-order valence-electron chi connectivity index (χ2n) is 6.79. The Kier molecular flexibility index (Phi) is 7.14. The maximum absolute atomic E-state index is 12.4. The lowest BCUT2D eigenvalue weighted by Gasteiger charge is -2.34. The first kappa shape index (κ1) is 20.5. The largest absolute Gasteiger partial charge is 0.497 e. The molecule has 0 aliphatic carbocycles. The normalized spacial score (nSPS) is 15.2. The monoisotopic (exact) mass is 403 g/mol. The molecule has 1 heterocycles. The number of rotatable bonds is 7. The fourth-order valence-electron chi connectivity index (χ4n) is 3.27. The van der Waals surface area contributed by atoms with Crippen LogP contribution in [0.2, 0.25) is 5.02 Å². The van der Waals surface area contributed by atoms with Crippen LogP contribution in [0.15, 0.2) is 42.5 Å². The zero-order valence-corrected chi connectivity index (χ0v) is 17.0. The predicted molar refractivity (Wildman–Crippen MR) is 111 cm³/mol. The lowest BCUT2D eigenvalue weighted by molar-refractivity contribution is -0.117. The molecule has 150 valence electrons. The van der Waals surface area contributed by atoms with Crippen molar-refractivity contribution in [3.05, 3.63) is 53.1 Å². The van der Waals surface area contributed by atoms with Gasteiger partial charge in [0.2, 0.25) is 5.91 Å². The van der Waals surface area contributed by atoms with Crippen LogP contribution >= 0.6 is 11.6 Å². The van der Waals surface area contributed by atoms with Gasteiger partial charge in [-0.1, -0.05) is 23.7 Å². The van der Waals surface area contributed by atoms with Gasteiger partial charge in [0, 0.05) is 37.7 Å². The molecule has 3 rings (SSSR count). The van der Waals surface area contributed by atoms with E-state index in [1.54, 1.807) is 32.4 Å². The minimum Gasteiger partial charge on any atom is -0.497 e. The van der Waals surface area contributed by atoms with E-state index in [0.717, 1.165) is 38.5 Å². The van der Waals surface area contributed by atoms with E-state index in [1.165, 1.54) is 5.56 Å². The van der Waals surface area contributed by atoms with Crippen molar-refractivity contribution >= 4 is 23.2 Å². The van der Waals surface area contributed by atoms with Crippen molar-refractivity contribution in [3.63, 3.8) is 0 Å². The van der Waals surface area contributed by atoms with Gasteiger partial charge in [0.15, 0.2) is 0 Å². The summed E-state index contributed by atoms with van der Waals surface area (Å²) < 4.78 is 10.5. The number of ether oxygens (including phenoxy) is 2. The maximum atomic E-state index is 12.4. The van der Waals surface area contributed by atoms with Gasteiger partial charge in [0.25, 0.3) is 0 Å². The molecule has 1 aliphatic rings. The van der Waals surface area contributed by atoms with Crippen molar-refractivity contribution < 1.29 is 14.3 Å². The first-order valence-electron chi connectivity index (χ1n) is 9.28. The molecule has 7 heteroatoms. The predicted octanol–water partition coefficient (Wildman–Crippen LogP) is 3.11. The van der Waals surface area contributed by atoms with Crippen molar-refractivity contribution in [1.82, 2.24) is 9.80 Å². The van der Waals surface area contributed by atoms with Gasteiger partial charge in [-0.05, 0) is 35.9 Å². The zero-order valence-electron chi connectivity index (χ0n) is 16.3. The molecule has 0 atom stereocenters. The minimum absolute atomic E-state index is 0.0656. The number of anilines is 1. The van der Waals surface area contributed by atoms with E-state index in [1.807, 2.05) is 12.1 Å². The van der Waals surface area contributed by atoms with Crippen molar-refractivity contribution in [3.8, 4) is 11.5 Å². The van der Waals surface area contributed by atoms with Crippen LogP contribution in [0.5, 0.6) is 11.5 Å². The Morgan fingerprint density at radius 1 is 1.00 bits per heavy atom. The van der Waals surface area contributed by atoms with E-state index >= 15 is 0 Å². The summed E-state index contributed by atoms with van der Waals surface area (Å²) in [5.41, 5.74) is 1.86. The highest BCUT2D eigenvalue weighted by molar-refractivity contribution is 6.31. The number of hydrogen-bond acceptors (Lipinski definition) is 5. The van der Waals surface area contributed by atoms with E-state index < -0.39 is 0 Å². The molecule has 0 spiro atoms. The van der Waals surface area contributed by atoms with Crippen LogP contribution in [0.25, 0.3) is 0 Å². The number of amides is 1. The lowest BCUT2D eigenvalue weighted by Crippen LogP contribution is -2.48. The molecule has 1 saturated heterocycles. The van der Waals surface area contributed by atoms with Crippen LogP contribution in [-0.2, 0) is 11.3 Å². The molecule has 1 amide bonds. The Labute approximate surface area is 171 Å². The zero-order chi connectivity index (χ0) is 19.9. The second-order valence-corrected chi connectivity index (χ2v) is 7.23. The quantitative estimate of drug-likeness (QED) is 0.769. The van der Waals surface area contributed by atoms with E-state index in [2.05, 4.69) is 27.2 Å². The summed E-state index contributed by atoms with van der Waals surface area (Å²) >= 11 is 6.02. The maximum Gasteiger partial charge on any atom is 0.238 e. The van der Waals surface area contributed by atoms with E-state index in [4.69, 9.17) is 21.1 Å². The highest BCUT2D eigenvalue weighted by atomic mass is 35.5. The summed E-state index contributed by atoms with van der Waals surface area (Å²) in [5.74, 6) is 1.40. The summed E-state index contributed by atoms with van der Waals surface area (Å²) in [5, 5.41) is 3.45. The molecule has 0 radical (unpaired) electrons. The number of carbonyl (C=O) groups is 1. The summed E-state index contributed by atoms with van der Waals surface area (Å²) in [4.78, 5) is 17.0. The smallest absolute Gasteiger partial charge is 0.238 e. The van der Waals surface area contributed by atoms with E-state index in [-0.39, 0.29) is 5.91 Å². The number of halogens is 1. The van der Waals surface area contributed by atoms with Gasteiger partial charge in [0.05, 0.1) is 26.5 Å². The molecule has 1 N–H and O–H groups in total. The van der Waals surface area contributed by atoms with Gasteiger partial charge in [-0.15, -0.1) is 0 Å². The summed E-state index contributed by atoms with van der Waals surface area (Å²) in [6.07, 6.45) is 0. The summed E-state index contributed by atoms with van der Waals surface area (Å²) in [7, 11) is 3.24. The Bertz CT molecular complexity index is 790. The molecule has 28 heavy (non-hydrogen) atoms. The first-order chi connectivity index (χ1) is 13.6. The number of carbonyl (C=O) groups excluding carboxylic acids is 1. The van der Waals surface area contributed by atoms with E-state index in [0.29, 0.717) is 23.0 Å². The molecular formula is C21H26ClN3O3. The number of methoxy groups -OCH3 is 2. The molecule has 6 nitrogen and oxygen atoms in total. The second kappa shape index (κ2) is 9.78. The Morgan fingerprint density at radius 2 is 1.68 bits per heavy atom. The van der Waals surface area contributed by atoms with Gasteiger partial charge in [0.1, 0.15) is 11.5 Å². The lowest BCUT2D eigenvalue weighted by atomic mass is 10.2. The van der Waals surface area contributed by atoms with Gasteiger partial charge in [-0.3, -0.25) is 14.6 Å². The molecule has 2 aromatic rings. The van der Waals surface area contributed by atoms with Gasteiger partial charge in [-0.25, -0.2) is 0 Å². The molecule has 1 fully saturated rings. The van der Waals surface area contributed by atoms with E-state index in [9.17, 15) is 4.79 Å². The Hall–Kier alpha value is -2.28. The average Bonchev–Trinajstić information content (AvgIpc) is 2.70. The standard InChI is InChI=1S/C21H26ClN3O3/c1-27-18-6-3-16(4-7-18)14-24-9-11-25(12-10-24)15-21(26)23-19-13-17(22)5-8-20(19)28-2/h3-8,13H,9-12,14-15H2,1-2H3,(H,23,26). The topological polar surface area (TPSA) is 54.0 Å². The molecule has 2 aromatic carbocycles. The average molecular weight is 404 g/mol. The third-order valence-corrected chi connectivity index (χ3v) is 5.07. The molecule has 0 aromatic heterocycles. The van der Waals surface area contributed by atoms with Crippen LogP contribution in [0, 0.1) is 0 Å². The van der Waals surface area contributed by atoms with Crippen molar-refractivity contribution in [2.24, 2.45) is 0 Å². The molecule has 1 aliphatic heterocycles. The fourth-order valence-corrected chi connectivity index (χ4v) is 3.44. The van der Waals surface area contributed by atoms with Crippen molar-refractivity contribution in [1.29, 1.82) is 0 Å². The molecule has 0 saturated carbocycles. The van der Waals surface area contributed by atoms with Gasteiger partial charge < -0.3 is 14.8 Å². The van der Waals surface area contributed by atoms with Crippen LogP contribution in [0.4, 0.5) is 5.69 Å². The number of piperazine rings is 1. The number of hydrogen-bond donors (Lipinski definition) is 1. The third kappa shape index (κ3) is 5.61. The van der Waals surface area contributed by atoms with Crippen LogP contribution < -0.4 is 14.8 Å². The third-order valence-electron chi connectivity index (χ3n) is 4.83. The Morgan fingerprint density at radius 3 is 2.32 bits per heavy atom. The molecule has 0 unspecified atom stereocenters. The first-order valence-corrected chi connectivity index (χ1v) is 9.66. The van der Waals surface area contributed by atoms with Gasteiger partial charge >= 0.3 is 0 Å². The number of benzene rings is 2. The van der Waals surface area contributed by atoms with Crippen LogP contribution in [-0.4, -0.2) is 62.7 Å². The SMILES string of the molecule is COc1ccc(CN2CCN(CC(=O)Nc3cc(Cl)ccc3OC)CC2)cc1. The van der Waals surface area contributed by atoms with Gasteiger partial charge in [-0.2, -0.15) is 0 Å². The van der Waals surface area contributed by atoms with Crippen molar-refractivity contribution in [2.45, 2.75) is 6.54 Å². The molecule has 0 bridgehead atoms. The highest BCUT2D eigenvalue weighted by Gasteiger charge is 2.19.